The SMILES string of the molecule is Fc1ccc2c(c1)CCC1=C(CCC=N1)/C2=C\Br. The van der Waals surface area contributed by atoms with Crippen molar-refractivity contribution in [3.05, 3.63) is 51.4 Å². The Bertz CT molecular complexity index is 584. The molecule has 1 aliphatic heterocycles. The Morgan fingerprint density at radius 3 is 2.94 bits per heavy atom. The molecule has 18 heavy (non-hydrogen) atoms. The van der Waals surface area contributed by atoms with Crippen molar-refractivity contribution in [1.82, 2.24) is 0 Å². The van der Waals surface area contributed by atoms with Gasteiger partial charge in [0.2, 0.25) is 0 Å². The van der Waals surface area contributed by atoms with E-state index in [1.165, 1.54) is 11.6 Å². The Morgan fingerprint density at radius 1 is 1.22 bits per heavy atom. The van der Waals surface area contributed by atoms with Crippen LogP contribution in [0.25, 0.3) is 5.57 Å². The zero-order valence-electron chi connectivity index (χ0n) is 9.92. The first-order valence-corrected chi connectivity index (χ1v) is 7.05. The molecule has 92 valence electrons. The number of benzene rings is 1. The normalized spacial score (nSPS) is 20.7. The highest BCUT2D eigenvalue weighted by Gasteiger charge is 2.21. The molecule has 0 amide bonds. The molecule has 0 bridgehead atoms. The lowest BCUT2D eigenvalue weighted by Gasteiger charge is -2.15. The number of allylic oxidation sites excluding steroid dienone is 3. The summed E-state index contributed by atoms with van der Waals surface area (Å²) in [6.07, 6.45) is 5.74. The fourth-order valence-corrected chi connectivity index (χ4v) is 3.21. The molecule has 0 N–H and O–H groups in total. The first-order valence-electron chi connectivity index (χ1n) is 6.13. The van der Waals surface area contributed by atoms with Crippen molar-refractivity contribution in [3.63, 3.8) is 0 Å². The largest absolute Gasteiger partial charge is 0.265 e. The zero-order chi connectivity index (χ0) is 12.5. The Balaban J connectivity index is 2.17. The van der Waals surface area contributed by atoms with Crippen LogP contribution in [-0.2, 0) is 6.42 Å². The molecule has 0 saturated carbocycles. The molecular formula is C15H13BrFN. The first-order chi connectivity index (χ1) is 8.79. The highest BCUT2D eigenvalue weighted by Crippen LogP contribution is 2.38. The molecular weight excluding hydrogens is 293 g/mol. The average molecular weight is 306 g/mol. The van der Waals surface area contributed by atoms with Crippen molar-refractivity contribution < 1.29 is 4.39 Å². The van der Waals surface area contributed by atoms with Gasteiger partial charge in [0.25, 0.3) is 0 Å². The quantitative estimate of drug-likeness (QED) is 0.663. The number of rotatable bonds is 0. The van der Waals surface area contributed by atoms with Crippen LogP contribution in [0, 0.1) is 5.82 Å². The maximum atomic E-state index is 13.4. The fourth-order valence-electron chi connectivity index (χ4n) is 2.68. The van der Waals surface area contributed by atoms with Crippen LogP contribution in [0.4, 0.5) is 4.39 Å². The van der Waals surface area contributed by atoms with Gasteiger partial charge in [0.1, 0.15) is 5.82 Å². The highest BCUT2D eigenvalue weighted by atomic mass is 79.9. The number of halogens is 2. The minimum Gasteiger partial charge on any atom is -0.265 e. The summed E-state index contributed by atoms with van der Waals surface area (Å²) in [7, 11) is 0. The Labute approximate surface area is 114 Å². The number of aliphatic imine (C=N–C) groups is 1. The van der Waals surface area contributed by atoms with E-state index in [4.69, 9.17) is 0 Å². The van der Waals surface area contributed by atoms with Crippen LogP contribution in [0.1, 0.15) is 30.4 Å². The van der Waals surface area contributed by atoms with E-state index in [9.17, 15) is 4.39 Å². The number of hydrogen-bond donors (Lipinski definition) is 0. The molecule has 0 unspecified atom stereocenters. The van der Waals surface area contributed by atoms with Gasteiger partial charge < -0.3 is 0 Å². The lowest BCUT2D eigenvalue weighted by atomic mass is 9.93. The van der Waals surface area contributed by atoms with E-state index in [-0.39, 0.29) is 5.82 Å². The third kappa shape index (κ3) is 1.97. The predicted molar refractivity (Wildman–Crippen MR) is 76.4 cm³/mol. The van der Waals surface area contributed by atoms with Crippen LogP contribution in [0.15, 0.2) is 39.4 Å². The summed E-state index contributed by atoms with van der Waals surface area (Å²) in [6.45, 7) is 0. The van der Waals surface area contributed by atoms with Crippen LogP contribution in [0.5, 0.6) is 0 Å². The van der Waals surface area contributed by atoms with Crippen LogP contribution in [0.3, 0.4) is 0 Å². The molecule has 0 atom stereocenters. The van der Waals surface area contributed by atoms with E-state index in [0.29, 0.717) is 0 Å². The molecule has 0 aromatic heterocycles. The molecule has 0 spiro atoms. The average Bonchev–Trinajstić information content (AvgIpc) is 2.55. The minimum absolute atomic E-state index is 0.161. The van der Waals surface area contributed by atoms with Crippen molar-refractivity contribution in [1.29, 1.82) is 0 Å². The summed E-state index contributed by atoms with van der Waals surface area (Å²) < 4.78 is 13.4. The molecule has 0 fully saturated rings. The van der Waals surface area contributed by atoms with Gasteiger partial charge in [-0.05, 0) is 65.1 Å². The molecule has 1 heterocycles. The van der Waals surface area contributed by atoms with E-state index in [1.807, 2.05) is 17.3 Å². The molecule has 1 aromatic rings. The van der Waals surface area contributed by atoms with E-state index in [1.54, 1.807) is 6.07 Å². The van der Waals surface area contributed by atoms with Crippen molar-refractivity contribution in [2.24, 2.45) is 4.99 Å². The van der Waals surface area contributed by atoms with E-state index in [2.05, 4.69) is 20.9 Å². The van der Waals surface area contributed by atoms with Gasteiger partial charge in [0.05, 0.1) is 0 Å². The number of fused-ring (bicyclic) bond motifs is 1. The molecule has 2 aliphatic rings. The monoisotopic (exact) mass is 305 g/mol. The second kappa shape index (κ2) is 4.81. The lowest BCUT2D eigenvalue weighted by Crippen LogP contribution is -1.98. The molecule has 1 aliphatic carbocycles. The molecule has 0 radical (unpaired) electrons. The van der Waals surface area contributed by atoms with Gasteiger partial charge in [-0.2, -0.15) is 0 Å². The fraction of sp³-hybridized carbons (Fsp3) is 0.267. The summed E-state index contributed by atoms with van der Waals surface area (Å²) in [6, 6.07) is 5.06. The van der Waals surface area contributed by atoms with Crippen LogP contribution in [0.2, 0.25) is 0 Å². The van der Waals surface area contributed by atoms with Gasteiger partial charge in [-0.3, -0.25) is 4.99 Å². The summed E-state index contributed by atoms with van der Waals surface area (Å²) in [5.74, 6) is -0.161. The third-order valence-electron chi connectivity index (χ3n) is 3.54. The molecule has 1 nitrogen and oxygen atoms in total. The number of hydrogen-bond acceptors (Lipinski definition) is 1. The lowest BCUT2D eigenvalue weighted by molar-refractivity contribution is 0.625. The first kappa shape index (κ1) is 11.8. The van der Waals surface area contributed by atoms with Crippen LogP contribution < -0.4 is 0 Å². The number of aryl methyl sites for hydroxylation is 1. The van der Waals surface area contributed by atoms with E-state index >= 15 is 0 Å². The third-order valence-corrected chi connectivity index (χ3v) is 4.00. The van der Waals surface area contributed by atoms with E-state index < -0.39 is 0 Å². The predicted octanol–water partition coefficient (Wildman–Crippen LogP) is 4.63. The molecule has 3 rings (SSSR count). The summed E-state index contributed by atoms with van der Waals surface area (Å²) >= 11 is 3.45. The molecule has 1 aromatic carbocycles. The van der Waals surface area contributed by atoms with Crippen molar-refractivity contribution in [2.45, 2.75) is 25.7 Å². The standard InChI is InChI=1S/C15H13BrFN/c16-9-14-12-5-4-11(17)8-10(12)3-6-15-13(14)2-1-7-18-15/h4-5,7-9H,1-3,6H2/b14-9-. The molecule has 3 heteroatoms. The minimum atomic E-state index is -0.161. The van der Waals surface area contributed by atoms with Crippen molar-refractivity contribution in [2.75, 3.05) is 0 Å². The van der Waals surface area contributed by atoms with Crippen molar-refractivity contribution in [3.8, 4) is 0 Å². The summed E-state index contributed by atoms with van der Waals surface area (Å²) in [5.41, 5.74) is 5.83. The van der Waals surface area contributed by atoms with Gasteiger partial charge in [0, 0.05) is 11.9 Å². The molecule has 0 saturated heterocycles. The second-order valence-corrected chi connectivity index (χ2v) is 5.06. The van der Waals surface area contributed by atoms with Gasteiger partial charge in [-0.15, -0.1) is 0 Å². The summed E-state index contributed by atoms with van der Waals surface area (Å²) in [4.78, 5) is 6.46. The van der Waals surface area contributed by atoms with E-state index in [0.717, 1.165) is 48.1 Å². The Kier molecular flexibility index (Phi) is 3.16. The maximum absolute atomic E-state index is 13.4. The van der Waals surface area contributed by atoms with Gasteiger partial charge in [-0.25, -0.2) is 4.39 Å². The second-order valence-electron chi connectivity index (χ2n) is 4.60. The maximum Gasteiger partial charge on any atom is 0.123 e. The van der Waals surface area contributed by atoms with Gasteiger partial charge in [-0.1, -0.05) is 22.0 Å². The summed E-state index contributed by atoms with van der Waals surface area (Å²) in [5, 5.41) is 0. The smallest absolute Gasteiger partial charge is 0.123 e. The van der Waals surface area contributed by atoms with Gasteiger partial charge >= 0.3 is 0 Å². The van der Waals surface area contributed by atoms with Crippen molar-refractivity contribution >= 4 is 27.7 Å². The van der Waals surface area contributed by atoms with Crippen LogP contribution in [-0.4, -0.2) is 6.21 Å². The van der Waals surface area contributed by atoms with Crippen LogP contribution >= 0.6 is 15.9 Å². The zero-order valence-corrected chi connectivity index (χ0v) is 11.5. The number of nitrogens with zero attached hydrogens (tertiary/aromatic N) is 1. The topological polar surface area (TPSA) is 12.4 Å². The highest BCUT2D eigenvalue weighted by molar-refractivity contribution is 9.11. The Morgan fingerprint density at radius 2 is 2.11 bits per heavy atom. The van der Waals surface area contributed by atoms with Gasteiger partial charge in [0.15, 0.2) is 0 Å². The Hall–Kier alpha value is -1.22.